The molecule has 0 bridgehead atoms. The van der Waals surface area contributed by atoms with Crippen LogP contribution in [0.15, 0.2) is 41.1 Å². The highest BCUT2D eigenvalue weighted by molar-refractivity contribution is 9.10. The molecule has 0 aliphatic heterocycles. The van der Waals surface area contributed by atoms with Gasteiger partial charge in [-0.2, -0.15) is 0 Å². The molecule has 0 aromatic carbocycles. The molecule has 0 spiro atoms. The van der Waals surface area contributed by atoms with Crippen molar-refractivity contribution in [1.29, 1.82) is 0 Å². The lowest BCUT2D eigenvalue weighted by molar-refractivity contribution is 1.23. The highest BCUT2D eigenvalue weighted by Crippen LogP contribution is 2.17. The second kappa shape index (κ2) is 4.59. The van der Waals surface area contributed by atoms with Crippen LogP contribution >= 0.6 is 27.5 Å². The van der Waals surface area contributed by atoms with Gasteiger partial charge in [-0.1, -0.05) is 17.7 Å². The lowest BCUT2D eigenvalue weighted by Gasteiger charge is -2.04. The second-order valence-electron chi connectivity index (χ2n) is 2.83. The normalized spacial score (nSPS) is 10.0. The number of halogens is 2. The van der Waals surface area contributed by atoms with Gasteiger partial charge in [0.15, 0.2) is 0 Å². The fourth-order valence-corrected chi connectivity index (χ4v) is 1.59. The SMILES string of the molecule is Clc1ccnc(Nc2cccc(Br)n2)c1. The van der Waals surface area contributed by atoms with Gasteiger partial charge in [0, 0.05) is 11.2 Å². The van der Waals surface area contributed by atoms with Gasteiger partial charge in [-0.15, -0.1) is 0 Å². The van der Waals surface area contributed by atoms with E-state index in [0.29, 0.717) is 10.8 Å². The summed E-state index contributed by atoms with van der Waals surface area (Å²) in [6.07, 6.45) is 1.64. The van der Waals surface area contributed by atoms with Gasteiger partial charge in [-0.3, -0.25) is 0 Å². The monoisotopic (exact) mass is 283 g/mol. The van der Waals surface area contributed by atoms with Crippen molar-refractivity contribution < 1.29 is 0 Å². The lowest BCUT2D eigenvalue weighted by atomic mass is 10.4. The Bertz CT molecular complexity index is 432. The number of nitrogens with one attached hydrogen (secondary N) is 1. The third-order valence-electron chi connectivity index (χ3n) is 1.69. The largest absolute Gasteiger partial charge is 0.325 e. The lowest BCUT2D eigenvalue weighted by Crippen LogP contribution is -1.95. The number of rotatable bonds is 2. The predicted molar refractivity (Wildman–Crippen MR) is 64.5 cm³/mol. The van der Waals surface area contributed by atoms with Crippen LogP contribution in [0.4, 0.5) is 11.6 Å². The first kappa shape index (κ1) is 10.4. The van der Waals surface area contributed by atoms with Gasteiger partial charge in [-0.05, 0) is 40.2 Å². The van der Waals surface area contributed by atoms with Crippen LogP contribution in [0.25, 0.3) is 0 Å². The highest BCUT2D eigenvalue weighted by atomic mass is 79.9. The molecule has 76 valence electrons. The van der Waals surface area contributed by atoms with Crippen molar-refractivity contribution >= 4 is 39.2 Å². The van der Waals surface area contributed by atoms with Crippen LogP contribution in [0.5, 0.6) is 0 Å². The number of anilines is 2. The second-order valence-corrected chi connectivity index (χ2v) is 4.08. The Morgan fingerprint density at radius 2 is 2.07 bits per heavy atom. The van der Waals surface area contributed by atoms with Crippen molar-refractivity contribution in [2.24, 2.45) is 0 Å². The molecule has 5 heteroatoms. The topological polar surface area (TPSA) is 37.8 Å². The smallest absolute Gasteiger partial charge is 0.132 e. The molecule has 2 aromatic rings. The first-order valence-corrected chi connectivity index (χ1v) is 5.42. The van der Waals surface area contributed by atoms with Crippen molar-refractivity contribution in [3.05, 3.63) is 46.2 Å². The summed E-state index contributed by atoms with van der Waals surface area (Å²) in [5.41, 5.74) is 0. The Labute approximate surface area is 101 Å². The summed E-state index contributed by atoms with van der Waals surface area (Å²) in [6.45, 7) is 0. The average molecular weight is 285 g/mol. The molecule has 0 aliphatic rings. The predicted octanol–water partition coefficient (Wildman–Crippen LogP) is 3.64. The van der Waals surface area contributed by atoms with E-state index in [0.717, 1.165) is 10.4 Å². The van der Waals surface area contributed by atoms with Gasteiger partial charge in [0.2, 0.25) is 0 Å². The van der Waals surface area contributed by atoms with Crippen molar-refractivity contribution in [2.45, 2.75) is 0 Å². The minimum absolute atomic E-state index is 0.641. The number of nitrogens with zero attached hydrogens (tertiary/aromatic N) is 2. The first-order valence-electron chi connectivity index (χ1n) is 4.25. The summed E-state index contributed by atoms with van der Waals surface area (Å²) in [5.74, 6) is 1.40. The summed E-state index contributed by atoms with van der Waals surface area (Å²) < 4.78 is 0.773. The molecule has 1 N–H and O–H groups in total. The van der Waals surface area contributed by atoms with Crippen LogP contribution in [-0.2, 0) is 0 Å². The molecule has 0 saturated carbocycles. The molecule has 0 fully saturated rings. The van der Waals surface area contributed by atoms with Crippen LogP contribution < -0.4 is 5.32 Å². The Balaban J connectivity index is 2.22. The van der Waals surface area contributed by atoms with Crippen LogP contribution in [0, 0.1) is 0 Å². The molecule has 0 radical (unpaired) electrons. The van der Waals surface area contributed by atoms with E-state index in [1.807, 2.05) is 18.2 Å². The third kappa shape index (κ3) is 2.91. The maximum Gasteiger partial charge on any atom is 0.132 e. The Morgan fingerprint density at radius 1 is 1.20 bits per heavy atom. The molecule has 0 amide bonds. The van der Waals surface area contributed by atoms with Gasteiger partial charge < -0.3 is 5.32 Å². The van der Waals surface area contributed by atoms with Crippen LogP contribution in [0.3, 0.4) is 0 Å². The van der Waals surface area contributed by atoms with Gasteiger partial charge in [0.25, 0.3) is 0 Å². The van der Waals surface area contributed by atoms with E-state index >= 15 is 0 Å². The molecule has 3 nitrogen and oxygen atoms in total. The summed E-state index contributed by atoms with van der Waals surface area (Å²) in [6, 6.07) is 9.07. The maximum absolute atomic E-state index is 5.83. The molecule has 0 aliphatic carbocycles. The first-order chi connectivity index (χ1) is 7.24. The Kier molecular flexibility index (Phi) is 3.18. The van der Waals surface area contributed by atoms with Crippen molar-refractivity contribution in [3.8, 4) is 0 Å². The average Bonchev–Trinajstić information content (AvgIpc) is 2.17. The molecule has 0 atom stereocenters. The summed E-state index contributed by atoms with van der Waals surface area (Å²) in [5, 5.41) is 3.69. The van der Waals surface area contributed by atoms with Gasteiger partial charge >= 0.3 is 0 Å². The van der Waals surface area contributed by atoms with Crippen LogP contribution in [0.1, 0.15) is 0 Å². The minimum atomic E-state index is 0.641. The number of aromatic nitrogens is 2. The van der Waals surface area contributed by atoms with Crippen molar-refractivity contribution in [1.82, 2.24) is 9.97 Å². The molecule has 2 rings (SSSR count). The maximum atomic E-state index is 5.83. The van der Waals surface area contributed by atoms with Gasteiger partial charge in [0.1, 0.15) is 16.2 Å². The van der Waals surface area contributed by atoms with E-state index in [9.17, 15) is 0 Å². The van der Waals surface area contributed by atoms with E-state index < -0.39 is 0 Å². The Hall–Kier alpha value is -1.13. The molecular weight excluding hydrogens is 277 g/mol. The zero-order valence-electron chi connectivity index (χ0n) is 7.61. The number of pyridine rings is 2. The molecule has 2 aromatic heterocycles. The Morgan fingerprint density at radius 3 is 2.80 bits per heavy atom. The van der Waals surface area contributed by atoms with Gasteiger partial charge in [-0.25, -0.2) is 9.97 Å². The van der Waals surface area contributed by atoms with E-state index in [1.165, 1.54) is 0 Å². The highest BCUT2D eigenvalue weighted by Gasteiger charge is 1.98. The van der Waals surface area contributed by atoms with Crippen LogP contribution in [-0.4, -0.2) is 9.97 Å². The van der Waals surface area contributed by atoms with Crippen LogP contribution in [0.2, 0.25) is 5.02 Å². The zero-order chi connectivity index (χ0) is 10.7. The number of hydrogen-bond donors (Lipinski definition) is 1. The molecular formula is C10H7BrClN3. The third-order valence-corrected chi connectivity index (χ3v) is 2.37. The fraction of sp³-hybridized carbons (Fsp3) is 0. The molecule has 0 unspecified atom stereocenters. The van der Waals surface area contributed by atoms with Crippen molar-refractivity contribution in [3.63, 3.8) is 0 Å². The van der Waals surface area contributed by atoms with Gasteiger partial charge in [0.05, 0.1) is 0 Å². The zero-order valence-corrected chi connectivity index (χ0v) is 9.96. The van der Waals surface area contributed by atoms with E-state index in [2.05, 4.69) is 31.2 Å². The summed E-state index contributed by atoms with van der Waals surface area (Å²) in [7, 11) is 0. The standard InChI is InChI=1S/C10H7BrClN3/c11-8-2-1-3-9(14-8)15-10-6-7(12)4-5-13-10/h1-6H,(H,13,14,15). The molecule has 15 heavy (non-hydrogen) atoms. The van der Waals surface area contributed by atoms with Crippen molar-refractivity contribution in [2.75, 3.05) is 5.32 Å². The summed E-state index contributed by atoms with van der Waals surface area (Å²) >= 11 is 9.13. The fourth-order valence-electron chi connectivity index (χ4n) is 1.08. The molecule has 0 saturated heterocycles. The van der Waals surface area contributed by atoms with E-state index in [4.69, 9.17) is 11.6 Å². The molecule has 2 heterocycles. The quantitative estimate of drug-likeness (QED) is 0.856. The minimum Gasteiger partial charge on any atom is -0.325 e. The van der Waals surface area contributed by atoms with E-state index in [1.54, 1.807) is 18.3 Å². The summed E-state index contributed by atoms with van der Waals surface area (Å²) in [4.78, 5) is 8.33. The number of hydrogen-bond acceptors (Lipinski definition) is 3. The van der Waals surface area contributed by atoms with E-state index in [-0.39, 0.29) is 0 Å².